The Balaban J connectivity index is 1.61. The topological polar surface area (TPSA) is 83.5 Å². The maximum atomic E-state index is 13.6. The van der Waals surface area contributed by atoms with Gasteiger partial charge in [-0.1, -0.05) is 52.3 Å². The third-order valence-corrected chi connectivity index (χ3v) is 9.76. The predicted octanol–water partition coefficient (Wildman–Crippen LogP) is 4.68. The van der Waals surface area contributed by atoms with E-state index >= 15 is 0 Å². The van der Waals surface area contributed by atoms with Crippen LogP contribution in [0.15, 0.2) is 18.2 Å². The van der Waals surface area contributed by atoms with Crippen LogP contribution in [0.3, 0.4) is 0 Å². The Morgan fingerprint density at radius 3 is 2.51 bits per heavy atom. The number of fused-ring (bicyclic) bond motifs is 3. The zero-order valence-electron chi connectivity index (χ0n) is 22.7. The molecule has 0 aliphatic heterocycles. The van der Waals surface area contributed by atoms with Crippen molar-refractivity contribution in [3.63, 3.8) is 0 Å². The number of nitrogens with zero attached hydrogens (tertiary/aromatic N) is 1. The quantitative estimate of drug-likeness (QED) is 0.274. The molecule has 0 spiro atoms. The van der Waals surface area contributed by atoms with Crippen molar-refractivity contribution in [1.82, 2.24) is 5.32 Å². The van der Waals surface area contributed by atoms with E-state index in [-0.39, 0.29) is 22.5 Å². The number of benzene rings is 1. The molecular weight excluding hydrogens is 460 g/mol. The highest BCUT2D eigenvalue weighted by molar-refractivity contribution is 7.85. The number of hydrogen-bond donors (Lipinski definition) is 2. The van der Waals surface area contributed by atoms with Crippen LogP contribution in [-0.4, -0.2) is 62.8 Å². The van der Waals surface area contributed by atoms with Gasteiger partial charge in [-0.05, 0) is 59.6 Å². The lowest BCUT2D eigenvalue weighted by Gasteiger charge is -2.54. The molecule has 3 atom stereocenters. The van der Waals surface area contributed by atoms with Gasteiger partial charge in [0.1, 0.15) is 0 Å². The zero-order chi connectivity index (χ0) is 26.1. The summed E-state index contributed by atoms with van der Waals surface area (Å²) in [6.45, 7) is 11.2. The minimum atomic E-state index is -3.91. The van der Waals surface area contributed by atoms with Crippen molar-refractivity contribution in [1.29, 1.82) is 0 Å². The van der Waals surface area contributed by atoms with Gasteiger partial charge in [0.2, 0.25) is 5.91 Å². The third-order valence-electron chi connectivity index (χ3n) is 8.95. The van der Waals surface area contributed by atoms with Crippen molar-refractivity contribution in [3.05, 3.63) is 34.9 Å². The molecule has 1 aromatic rings. The molecular formula is C28H47N2O4S+. The number of amides is 1. The fourth-order valence-electron chi connectivity index (χ4n) is 6.84. The fourth-order valence-corrected chi connectivity index (χ4v) is 7.33. The number of carbonyl (C=O) groups excluding carboxylic acids is 1. The van der Waals surface area contributed by atoms with E-state index in [9.17, 15) is 13.2 Å². The molecule has 0 saturated heterocycles. The third kappa shape index (κ3) is 6.47. The molecule has 1 saturated carbocycles. The normalized spacial score (nSPS) is 26.8. The second-order valence-electron chi connectivity index (χ2n) is 12.5. The van der Waals surface area contributed by atoms with Crippen LogP contribution < -0.4 is 5.32 Å². The van der Waals surface area contributed by atoms with Crippen LogP contribution in [0.5, 0.6) is 0 Å². The number of aryl methyl sites for hydroxylation is 1. The molecule has 0 heterocycles. The van der Waals surface area contributed by atoms with Crippen LogP contribution in [-0.2, 0) is 26.7 Å². The summed E-state index contributed by atoms with van der Waals surface area (Å²) < 4.78 is 31.5. The van der Waals surface area contributed by atoms with Gasteiger partial charge in [0, 0.05) is 19.4 Å². The van der Waals surface area contributed by atoms with Crippen molar-refractivity contribution in [2.75, 3.05) is 39.5 Å². The van der Waals surface area contributed by atoms with Crippen molar-refractivity contribution in [2.45, 2.75) is 84.0 Å². The number of nitrogens with one attached hydrogen (secondary N) is 1. The first-order chi connectivity index (χ1) is 16.2. The summed E-state index contributed by atoms with van der Waals surface area (Å²) in [5.74, 6) is 0.854. The van der Waals surface area contributed by atoms with Gasteiger partial charge in [-0.2, -0.15) is 8.42 Å². The van der Waals surface area contributed by atoms with Crippen LogP contribution in [0.25, 0.3) is 0 Å². The predicted molar refractivity (Wildman–Crippen MR) is 142 cm³/mol. The Morgan fingerprint density at radius 2 is 1.86 bits per heavy atom. The first kappa shape index (κ1) is 28.1. The molecule has 0 unspecified atom stereocenters. The smallest absolute Gasteiger partial charge is 0.265 e. The minimum absolute atomic E-state index is 0.0410. The first-order valence-corrected chi connectivity index (χ1v) is 15.0. The second kappa shape index (κ2) is 10.5. The molecule has 2 N–H and O–H groups in total. The number of carbonyl (C=O) groups is 1. The van der Waals surface area contributed by atoms with E-state index in [0.717, 1.165) is 45.1 Å². The Hall–Kier alpha value is -1.44. The second-order valence-corrected chi connectivity index (χ2v) is 14.1. The van der Waals surface area contributed by atoms with Gasteiger partial charge in [0.05, 0.1) is 38.4 Å². The number of rotatable bonds is 10. The Kier molecular flexibility index (Phi) is 8.45. The summed E-state index contributed by atoms with van der Waals surface area (Å²) in [7, 11) is 0.210. The van der Waals surface area contributed by atoms with Gasteiger partial charge in [-0.15, -0.1) is 0 Å². The van der Waals surface area contributed by atoms with Crippen LogP contribution >= 0.6 is 0 Å². The Bertz CT molecular complexity index is 1020. The zero-order valence-corrected chi connectivity index (χ0v) is 23.5. The van der Waals surface area contributed by atoms with Gasteiger partial charge in [-0.25, -0.2) is 0 Å². The lowest BCUT2D eigenvalue weighted by atomic mass is 9.49. The molecule has 7 heteroatoms. The van der Waals surface area contributed by atoms with E-state index in [1.165, 1.54) is 16.7 Å². The van der Waals surface area contributed by atoms with E-state index < -0.39 is 10.1 Å². The summed E-state index contributed by atoms with van der Waals surface area (Å²) >= 11 is 0. The van der Waals surface area contributed by atoms with Gasteiger partial charge in [0.25, 0.3) is 10.1 Å². The van der Waals surface area contributed by atoms with E-state index in [1.807, 2.05) is 0 Å². The highest BCUT2D eigenvalue weighted by atomic mass is 32.2. The highest BCUT2D eigenvalue weighted by Crippen LogP contribution is 2.57. The maximum absolute atomic E-state index is 13.6. The summed E-state index contributed by atoms with van der Waals surface area (Å²) in [5.41, 5.74) is 4.02. The average Bonchev–Trinajstić information content (AvgIpc) is 2.75. The molecule has 2 aliphatic carbocycles. The summed E-state index contributed by atoms with van der Waals surface area (Å²) in [6, 6.07) is 7.05. The van der Waals surface area contributed by atoms with E-state index in [4.69, 9.17) is 4.55 Å². The van der Waals surface area contributed by atoms with Crippen LogP contribution in [0.4, 0.5) is 0 Å². The summed E-state index contributed by atoms with van der Waals surface area (Å²) in [6.07, 6.45) is 6.53. The van der Waals surface area contributed by atoms with Crippen LogP contribution in [0.2, 0.25) is 0 Å². The van der Waals surface area contributed by atoms with Gasteiger partial charge in [0.15, 0.2) is 0 Å². The number of quaternary nitrogens is 1. The van der Waals surface area contributed by atoms with Crippen molar-refractivity contribution < 1.29 is 22.2 Å². The molecule has 1 amide bonds. The standard InChI is InChI=1S/C28H46N2O4S/c1-21(2)22-10-12-24-23(20-22)11-13-25-27(24,3)14-7-15-28(25,4)26(31)29-16-8-17-30(5,6)18-9-19-35(32,33)34/h10,12,20-21,25H,7-9,11,13-19H2,1-6H3,(H-,29,31,32,33,34)/p+1/t25-,27-,28+/m1/s1. The Labute approximate surface area is 213 Å². The monoisotopic (exact) mass is 507 g/mol. The molecule has 35 heavy (non-hydrogen) atoms. The average molecular weight is 508 g/mol. The molecule has 3 rings (SSSR count). The summed E-state index contributed by atoms with van der Waals surface area (Å²) in [5, 5.41) is 3.26. The fraction of sp³-hybridized carbons (Fsp3) is 0.750. The lowest BCUT2D eigenvalue weighted by Crippen LogP contribution is -2.55. The molecule has 1 aromatic carbocycles. The molecule has 198 valence electrons. The molecule has 0 bridgehead atoms. The van der Waals surface area contributed by atoms with Crippen LogP contribution in [0.1, 0.15) is 88.8 Å². The van der Waals surface area contributed by atoms with Crippen molar-refractivity contribution in [3.8, 4) is 0 Å². The molecule has 1 fully saturated rings. The SMILES string of the molecule is CC(C)c1ccc2c(c1)CC[C@H]1[C@@](C)(C(=O)NCCC[N+](C)(C)CCCS(=O)(=O)O)CCC[C@]21C. The lowest BCUT2D eigenvalue weighted by molar-refractivity contribution is -0.890. The maximum Gasteiger partial charge on any atom is 0.265 e. The summed E-state index contributed by atoms with van der Waals surface area (Å²) in [4.78, 5) is 13.6. The van der Waals surface area contributed by atoms with Crippen molar-refractivity contribution in [2.24, 2.45) is 11.3 Å². The molecule has 0 radical (unpaired) electrons. The van der Waals surface area contributed by atoms with Crippen molar-refractivity contribution >= 4 is 16.0 Å². The van der Waals surface area contributed by atoms with Gasteiger partial charge >= 0.3 is 0 Å². The molecule has 6 nitrogen and oxygen atoms in total. The molecule has 2 aliphatic rings. The first-order valence-electron chi connectivity index (χ1n) is 13.4. The van der Waals surface area contributed by atoms with E-state index in [0.29, 0.717) is 35.8 Å². The van der Waals surface area contributed by atoms with Gasteiger partial charge in [-0.3, -0.25) is 9.35 Å². The molecule has 0 aromatic heterocycles. The van der Waals surface area contributed by atoms with E-state index in [2.05, 4.69) is 65.3 Å². The van der Waals surface area contributed by atoms with Crippen LogP contribution in [0, 0.1) is 11.3 Å². The Morgan fingerprint density at radius 1 is 1.17 bits per heavy atom. The largest absolute Gasteiger partial charge is 0.355 e. The highest BCUT2D eigenvalue weighted by Gasteiger charge is 2.54. The minimum Gasteiger partial charge on any atom is -0.355 e. The number of hydrogen-bond acceptors (Lipinski definition) is 3. The van der Waals surface area contributed by atoms with Gasteiger partial charge < -0.3 is 9.80 Å². The van der Waals surface area contributed by atoms with E-state index in [1.54, 1.807) is 0 Å².